The average molecular weight is 217 g/mol. The summed E-state index contributed by atoms with van der Waals surface area (Å²) < 4.78 is 10.9. The largest absolute Gasteiger partial charge is 0.381 e. The quantitative estimate of drug-likeness (QED) is 0.508. The molecule has 0 bridgehead atoms. The molecule has 15 heavy (non-hydrogen) atoms. The fraction of sp³-hybridized carbons (Fsp3) is 1.00. The first kappa shape index (κ1) is 14.9. The maximum absolute atomic E-state index is 5.47. The smallest absolute Gasteiger partial charge is 0.0487 e. The first-order valence-electron chi connectivity index (χ1n) is 6.28. The normalized spacial score (nSPS) is 10.8. The second kappa shape index (κ2) is 13.9. The van der Waals surface area contributed by atoms with Crippen molar-refractivity contribution < 1.29 is 9.47 Å². The molecule has 3 nitrogen and oxygen atoms in total. The van der Waals surface area contributed by atoms with Gasteiger partial charge in [-0.15, -0.1) is 0 Å². The highest BCUT2D eigenvalue weighted by molar-refractivity contribution is 4.43. The fourth-order valence-electron chi connectivity index (χ4n) is 1.19. The van der Waals surface area contributed by atoms with E-state index in [0.29, 0.717) is 0 Å². The van der Waals surface area contributed by atoms with Crippen molar-refractivity contribution in [1.82, 2.24) is 5.32 Å². The van der Waals surface area contributed by atoms with E-state index in [1.807, 2.05) is 0 Å². The molecule has 0 aromatic heterocycles. The molecule has 0 fully saturated rings. The molecule has 0 radical (unpaired) electrons. The molecule has 0 aliphatic rings. The molecule has 3 heteroatoms. The monoisotopic (exact) mass is 217 g/mol. The van der Waals surface area contributed by atoms with E-state index >= 15 is 0 Å². The van der Waals surface area contributed by atoms with Crippen LogP contribution in [0.4, 0.5) is 0 Å². The third kappa shape index (κ3) is 13.9. The fourth-order valence-corrected chi connectivity index (χ4v) is 1.19. The van der Waals surface area contributed by atoms with Gasteiger partial charge in [-0.2, -0.15) is 0 Å². The zero-order valence-corrected chi connectivity index (χ0v) is 10.4. The Labute approximate surface area is 94.5 Å². The maximum Gasteiger partial charge on any atom is 0.0487 e. The SMILES string of the molecule is CCCCOCCCOCCCNCC. The number of hydrogen-bond donors (Lipinski definition) is 1. The van der Waals surface area contributed by atoms with Crippen molar-refractivity contribution in [2.75, 3.05) is 39.5 Å². The van der Waals surface area contributed by atoms with Gasteiger partial charge in [-0.25, -0.2) is 0 Å². The Hall–Kier alpha value is -0.120. The van der Waals surface area contributed by atoms with Gasteiger partial charge in [0.1, 0.15) is 0 Å². The molecule has 0 heterocycles. The van der Waals surface area contributed by atoms with Crippen molar-refractivity contribution in [2.24, 2.45) is 0 Å². The number of rotatable bonds is 12. The number of unbranched alkanes of at least 4 members (excludes halogenated alkanes) is 1. The first-order valence-corrected chi connectivity index (χ1v) is 6.28. The molecule has 0 saturated carbocycles. The Morgan fingerprint density at radius 1 is 0.800 bits per heavy atom. The van der Waals surface area contributed by atoms with Crippen LogP contribution in [0, 0.1) is 0 Å². The third-order valence-electron chi connectivity index (χ3n) is 2.11. The van der Waals surface area contributed by atoms with Crippen molar-refractivity contribution in [3.63, 3.8) is 0 Å². The summed E-state index contributed by atoms with van der Waals surface area (Å²) in [4.78, 5) is 0. The van der Waals surface area contributed by atoms with Crippen LogP contribution in [-0.4, -0.2) is 39.5 Å². The molecule has 0 aliphatic carbocycles. The molecule has 1 N–H and O–H groups in total. The van der Waals surface area contributed by atoms with E-state index in [0.717, 1.165) is 52.4 Å². The van der Waals surface area contributed by atoms with Gasteiger partial charge >= 0.3 is 0 Å². The average Bonchev–Trinajstić information content (AvgIpc) is 2.26. The van der Waals surface area contributed by atoms with E-state index in [4.69, 9.17) is 9.47 Å². The van der Waals surface area contributed by atoms with Crippen LogP contribution in [0.5, 0.6) is 0 Å². The highest BCUT2D eigenvalue weighted by Crippen LogP contribution is 1.91. The lowest BCUT2D eigenvalue weighted by molar-refractivity contribution is 0.0807. The minimum absolute atomic E-state index is 0.832. The Morgan fingerprint density at radius 3 is 2.00 bits per heavy atom. The number of ether oxygens (including phenoxy) is 2. The van der Waals surface area contributed by atoms with Gasteiger partial charge in [0, 0.05) is 26.4 Å². The molecular weight excluding hydrogens is 190 g/mol. The molecule has 0 spiro atoms. The van der Waals surface area contributed by atoms with Gasteiger partial charge in [0.05, 0.1) is 0 Å². The van der Waals surface area contributed by atoms with Crippen LogP contribution in [0.1, 0.15) is 39.5 Å². The lowest BCUT2D eigenvalue weighted by Gasteiger charge is -2.05. The Balaban J connectivity index is 2.81. The van der Waals surface area contributed by atoms with Crippen molar-refractivity contribution in [3.8, 4) is 0 Å². The van der Waals surface area contributed by atoms with Gasteiger partial charge in [-0.3, -0.25) is 0 Å². The third-order valence-corrected chi connectivity index (χ3v) is 2.11. The van der Waals surface area contributed by atoms with Gasteiger partial charge in [-0.1, -0.05) is 20.3 Å². The molecule has 0 unspecified atom stereocenters. The molecule has 0 aromatic carbocycles. The molecular formula is C12H27NO2. The summed E-state index contributed by atoms with van der Waals surface area (Å²) in [7, 11) is 0. The number of hydrogen-bond acceptors (Lipinski definition) is 3. The van der Waals surface area contributed by atoms with Gasteiger partial charge in [0.2, 0.25) is 0 Å². The van der Waals surface area contributed by atoms with Crippen LogP contribution in [0.2, 0.25) is 0 Å². The van der Waals surface area contributed by atoms with Crippen molar-refractivity contribution in [3.05, 3.63) is 0 Å². The summed E-state index contributed by atoms with van der Waals surface area (Å²) in [5.41, 5.74) is 0. The maximum atomic E-state index is 5.47. The van der Waals surface area contributed by atoms with Crippen LogP contribution >= 0.6 is 0 Å². The Morgan fingerprint density at radius 2 is 1.40 bits per heavy atom. The van der Waals surface area contributed by atoms with Crippen molar-refractivity contribution >= 4 is 0 Å². The lowest BCUT2D eigenvalue weighted by Crippen LogP contribution is -2.16. The van der Waals surface area contributed by atoms with E-state index in [9.17, 15) is 0 Å². The van der Waals surface area contributed by atoms with Gasteiger partial charge in [0.25, 0.3) is 0 Å². The van der Waals surface area contributed by atoms with E-state index in [1.54, 1.807) is 0 Å². The molecule has 0 rings (SSSR count). The first-order chi connectivity index (χ1) is 7.41. The summed E-state index contributed by atoms with van der Waals surface area (Å²) >= 11 is 0. The topological polar surface area (TPSA) is 30.5 Å². The second-order valence-corrected chi connectivity index (χ2v) is 3.64. The van der Waals surface area contributed by atoms with Crippen molar-refractivity contribution in [2.45, 2.75) is 39.5 Å². The van der Waals surface area contributed by atoms with Crippen LogP contribution in [0.3, 0.4) is 0 Å². The standard InChI is InChI=1S/C12H27NO2/c1-3-5-9-14-11-7-12-15-10-6-8-13-4-2/h13H,3-12H2,1-2H3. The highest BCUT2D eigenvalue weighted by atomic mass is 16.5. The molecule has 0 aromatic rings. The van der Waals surface area contributed by atoms with Crippen LogP contribution in [0.25, 0.3) is 0 Å². The van der Waals surface area contributed by atoms with Crippen LogP contribution in [-0.2, 0) is 9.47 Å². The van der Waals surface area contributed by atoms with E-state index in [2.05, 4.69) is 19.2 Å². The van der Waals surface area contributed by atoms with Crippen LogP contribution in [0.15, 0.2) is 0 Å². The van der Waals surface area contributed by atoms with Crippen LogP contribution < -0.4 is 5.32 Å². The van der Waals surface area contributed by atoms with Gasteiger partial charge < -0.3 is 14.8 Å². The summed E-state index contributed by atoms with van der Waals surface area (Å²) in [5.74, 6) is 0. The van der Waals surface area contributed by atoms with E-state index in [1.165, 1.54) is 12.8 Å². The highest BCUT2D eigenvalue weighted by Gasteiger charge is 1.91. The number of nitrogens with one attached hydrogen (secondary N) is 1. The zero-order chi connectivity index (χ0) is 11.2. The Kier molecular flexibility index (Phi) is 13.8. The lowest BCUT2D eigenvalue weighted by atomic mass is 10.4. The molecule has 0 amide bonds. The summed E-state index contributed by atoms with van der Waals surface area (Å²) in [6.07, 6.45) is 4.50. The minimum atomic E-state index is 0.832. The summed E-state index contributed by atoms with van der Waals surface area (Å²) in [6.45, 7) is 9.84. The summed E-state index contributed by atoms with van der Waals surface area (Å²) in [5, 5.41) is 3.27. The predicted molar refractivity (Wildman–Crippen MR) is 64.3 cm³/mol. The van der Waals surface area contributed by atoms with Crippen molar-refractivity contribution in [1.29, 1.82) is 0 Å². The summed E-state index contributed by atoms with van der Waals surface area (Å²) in [6, 6.07) is 0. The Bertz CT molecular complexity index is 97.8. The zero-order valence-electron chi connectivity index (χ0n) is 10.4. The molecule has 92 valence electrons. The van der Waals surface area contributed by atoms with Gasteiger partial charge in [0.15, 0.2) is 0 Å². The second-order valence-electron chi connectivity index (χ2n) is 3.64. The molecule has 0 aliphatic heterocycles. The van der Waals surface area contributed by atoms with Gasteiger partial charge in [-0.05, 0) is 32.4 Å². The molecule has 0 saturated heterocycles. The minimum Gasteiger partial charge on any atom is -0.381 e. The predicted octanol–water partition coefficient (Wildman–Crippen LogP) is 2.21. The van der Waals surface area contributed by atoms with E-state index < -0.39 is 0 Å². The van der Waals surface area contributed by atoms with E-state index in [-0.39, 0.29) is 0 Å². The molecule has 0 atom stereocenters.